The molecule has 0 saturated carbocycles. The average Bonchev–Trinajstić information content (AvgIpc) is 2.54. The molecule has 0 rings (SSSR count). The Bertz CT molecular complexity index is 643. The highest BCUT2D eigenvalue weighted by Crippen LogP contribution is 1.96. The van der Waals surface area contributed by atoms with Gasteiger partial charge in [-0.1, -0.05) is 47.4 Å². The molecule has 0 spiro atoms. The van der Waals surface area contributed by atoms with Gasteiger partial charge in [0.05, 0.1) is 32.3 Å². The topological polar surface area (TPSA) is 26.3 Å². The summed E-state index contributed by atoms with van der Waals surface area (Å²) in [5.41, 5.74) is 0. The van der Waals surface area contributed by atoms with Crippen molar-refractivity contribution in [3.8, 4) is 59.2 Å². The fraction of sp³-hybridized carbons (Fsp3) is 0.476. The van der Waals surface area contributed by atoms with Crippen LogP contribution in [0.3, 0.4) is 0 Å². The van der Waals surface area contributed by atoms with E-state index in [-0.39, 0.29) is 5.97 Å². The van der Waals surface area contributed by atoms with Crippen LogP contribution < -0.4 is 0 Å². The lowest BCUT2D eigenvalue weighted by atomic mass is 10.2. The Morgan fingerprint density at radius 1 is 0.783 bits per heavy atom. The number of carbonyl (C=O) groups excluding carboxylic acids is 1. The molecule has 0 atom stereocenters. The molecule has 0 aliphatic heterocycles. The third-order valence-electron chi connectivity index (χ3n) is 2.37. The van der Waals surface area contributed by atoms with Crippen LogP contribution >= 0.6 is 0 Å². The second-order valence-corrected chi connectivity index (χ2v) is 4.21. The van der Waals surface area contributed by atoms with Gasteiger partial charge in [-0.05, 0) is 20.3 Å². The first kappa shape index (κ1) is 20.3. The Morgan fingerprint density at radius 2 is 1.26 bits per heavy atom. The number of hydrogen-bond acceptors (Lipinski definition) is 2. The zero-order valence-corrected chi connectivity index (χ0v) is 14.0. The highest BCUT2D eigenvalue weighted by Gasteiger charge is 1.98. The van der Waals surface area contributed by atoms with E-state index < -0.39 is 0 Å². The molecule has 0 N–H and O–H groups in total. The molecule has 0 unspecified atom stereocenters. The van der Waals surface area contributed by atoms with Crippen molar-refractivity contribution in [2.24, 2.45) is 0 Å². The maximum Gasteiger partial charge on any atom is 0.305 e. The Labute approximate surface area is 140 Å². The van der Waals surface area contributed by atoms with Gasteiger partial charge in [-0.2, -0.15) is 0 Å². The molecule has 118 valence electrons. The van der Waals surface area contributed by atoms with Crippen LogP contribution in [-0.4, -0.2) is 12.6 Å². The molecule has 0 aromatic rings. The minimum atomic E-state index is -0.157. The zero-order chi connectivity index (χ0) is 17.0. The Balaban J connectivity index is 3.66. The van der Waals surface area contributed by atoms with Gasteiger partial charge < -0.3 is 4.74 Å². The molecule has 0 aliphatic rings. The van der Waals surface area contributed by atoms with Crippen LogP contribution in [0.5, 0.6) is 0 Å². The van der Waals surface area contributed by atoms with Crippen LogP contribution in [0.15, 0.2) is 0 Å². The van der Waals surface area contributed by atoms with Crippen molar-refractivity contribution in [3.05, 3.63) is 0 Å². The quantitative estimate of drug-likeness (QED) is 0.452. The molecule has 23 heavy (non-hydrogen) atoms. The lowest BCUT2D eigenvalue weighted by molar-refractivity contribution is -0.143. The van der Waals surface area contributed by atoms with Crippen LogP contribution in [0.1, 0.15) is 58.8 Å². The molecular weight excluding hydrogens is 284 g/mol. The predicted octanol–water partition coefficient (Wildman–Crippen LogP) is 3.32. The summed E-state index contributed by atoms with van der Waals surface area (Å²) in [6, 6.07) is 0. The molecule has 0 fully saturated rings. The van der Waals surface area contributed by atoms with Crippen molar-refractivity contribution >= 4 is 5.97 Å². The molecule has 0 bridgehead atoms. The average molecular weight is 306 g/mol. The SMILES string of the molecule is CC#CCC#CCC#CCC#CCC#CCCCC(=O)OCC. The second-order valence-electron chi connectivity index (χ2n) is 4.21. The number of carbonyl (C=O) groups is 1. The summed E-state index contributed by atoms with van der Waals surface area (Å²) in [7, 11) is 0. The number of esters is 1. The van der Waals surface area contributed by atoms with E-state index in [1.807, 2.05) is 0 Å². The molecule has 0 saturated heterocycles. The van der Waals surface area contributed by atoms with E-state index in [4.69, 9.17) is 4.74 Å². The number of hydrogen-bond donors (Lipinski definition) is 0. The van der Waals surface area contributed by atoms with Crippen molar-refractivity contribution in [2.45, 2.75) is 58.8 Å². The van der Waals surface area contributed by atoms with Gasteiger partial charge >= 0.3 is 5.97 Å². The van der Waals surface area contributed by atoms with Gasteiger partial charge in [-0.15, -0.1) is 11.8 Å². The molecular formula is C21H22O2. The summed E-state index contributed by atoms with van der Waals surface area (Å²) in [6.07, 6.45) is 4.11. The van der Waals surface area contributed by atoms with Crippen molar-refractivity contribution in [3.63, 3.8) is 0 Å². The molecule has 0 heterocycles. The van der Waals surface area contributed by atoms with E-state index in [2.05, 4.69) is 59.2 Å². The summed E-state index contributed by atoms with van der Waals surface area (Å²) in [6.45, 7) is 4.04. The summed E-state index contributed by atoms with van der Waals surface area (Å²) >= 11 is 0. The smallest absolute Gasteiger partial charge is 0.305 e. The Hall–Kier alpha value is -2.73. The van der Waals surface area contributed by atoms with Gasteiger partial charge in [-0.25, -0.2) is 0 Å². The van der Waals surface area contributed by atoms with Crippen LogP contribution in [0.4, 0.5) is 0 Å². The maximum atomic E-state index is 11.1. The van der Waals surface area contributed by atoms with E-state index in [0.29, 0.717) is 45.1 Å². The van der Waals surface area contributed by atoms with Gasteiger partial charge in [0, 0.05) is 12.8 Å². The number of unbranched alkanes of at least 4 members (excludes halogenated alkanes) is 1. The lowest BCUT2D eigenvalue weighted by Gasteiger charge is -1.98. The Morgan fingerprint density at radius 3 is 1.74 bits per heavy atom. The second kappa shape index (κ2) is 17.3. The first-order valence-corrected chi connectivity index (χ1v) is 7.69. The first-order valence-electron chi connectivity index (χ1n) is 7.69. The van der Waals surface area contributed by atoms with Crippen molar-refractivity contribution < 1.29 is 9.53 Å². The van der Waals surface area contributed by atoms with Gasteiger partial charge in [0.15, 0.2) is 0 Å². The molecule has 0 aliphatic carbocycles. The minimum absolute atomic E-state index is 0.157. The van der Waals surface area contributed by atoms with Crippen molar-refractivity contribution in [2.75, 3.05) is 6.61 Å². The van der Waals surface area contributed by atoms with Crippen LogP contribution in [0.25, 0.3) is 0 Å². The normalized spacial score (nSPS) is 7.39. The highest BCUT2D eigenvalue weighted by molar-refractivity contribution is 5.69. The fourth-order valence-electron chi connectivity index (χ4n) is 1.35. The minimum Gasteiger partial charge on any atom is -0.466 e. The van der Waals surface area contributed by atoms with Crippen LogP contribution in [0, 0.1) is 59.2 Å². The lowest BCUT2D eigenvalue weighted by Crippen LogP contribution is -2.02. The van der Waals surface area contributed by atoms with Gasteiger partial charge in [-0.3, -0.25) is 4.79 Å². The molecule has 0 aromatic heterocycles. The van der Waals surface area contributed by atoms with E-state index in [9.17, 15) is 4.79 Å². The molecule has 0 aromatic carbocycles. The van der Waals surface area contributed by atoms with Crippen molar-refractivity contribution in [1.29, 1.82) is 0 Å². The van der Waals surface area contributed by atoms with E-state index in [1.54, 1.807) is 13.8 Å². The molecule has 2 nitrogen and oxygen atoms in total. The molecule has 0 radical (unpaired) electrons. The third kappa shape index (κ3) is 17.2. The number of ether oxygens (including phenoxy) is 1. The van der Waals surface area contributed by atoms with Crippen LogP contribution in [-0.2, 0) is 9.53 Å². The summed E-state index contributed by atoms with van der Waals surface area (Å²) in [5.74, 6) is 29.1. The van der Waals surface area contributed by atoms with Gasteiger partial charge in [0.1, 0.15) is 0 Å². The summed E-state index contributed by atoms with van der Waals surface area (Å²) < 4.78 is 4.83. The van der Waals surface area contributed by atoms with E-state index in [1.165, 1.54) is 0 Å². The monoisotopic (exact) mass is 306 g/mol. The maximum absolute atomic E-state index is 11.1. The van der Waals surface area contributed by atoms with Gasteiger partial charge in [0.25, 0.3) is 0 Å². The standard InChI is InChI=1S/C21H22O2/c1-3-5-6-7-8-9-10-11-12-13-14-15-16-17-18-19-20-21(22)23-4-2/h4,6,9,12,15,18-20H2,1-2H3. The zero-order valence-electron chi connectivity index (χ0n) is 14.0. The van der Waals surface area contributed by atoms with Crippen LogP contribution in [0.2, 0.25) is 0 Å². The predicted molar refractivity (Wildman–Crippen MR) is 93.5 cm³/mol. The van der Waals surface area contributed by atoms with E-state index >= 15 is 0 Å². The molecule has 2 heteroatoms. The van der Waals surface area contributed by atoms with Gasteiger partial charge in [0.2, 0.25) is 0 Å². The first-order chi connectivity index (χ1) is 11.3. The summed E-state index contributed by atoms with van der Waals surface area (Å²) in [5, 5.41) is 0. The summed E-state index contributed by atoms with van der Waals surface area (Å²) in [4.78, 5) is 11.1. The molecule has 0 amide bonds. The fourth-order valence-corrected chi connectivity index (χ4v) is 1.35. The number of rotatable bonds is 4. The van der Waals surface area contributed by atoms with Crippen molar-refractivity contribution in [1.82, 2.24) is 0 Å². The highest BCUT2D eigenvalue weighted by atomic mass is 16.5. The third-order valence-corrected chi connectivity index (χ3v) is 2.37. The Kier molecular flexibility index (Phi) is 15.3. The largest absolute Gasteiger partial charge is 0.466 e. The van der Waals surface area contributed by atoms with E-state index in [0.717, 1.165) is 6.42 Å².